The average Bonchev–Trinajstić information content (AvgIpc) is 3.09. The van der Waals surface area contributed by atoms with Crippen LogP contribution in [0.15, 0.2) is 0 Å². The van der Waals surface area contributed by atoms with Crippen LogP contribution in [-0.4, -0.2) is 48.7 Å². The van der Waals surface area contributed by atoms with E-state index in [2.05, 4.69) is 0 Å². The number of amides is 1. The summed E-state index contributed by atoms with van der Waals surface area (Å²) in [6.07, 6.45) is 1.43. The van der Waals surface area contributed by atoms with Crippen molar-refractivity contribution in [3.63, 3.8) is 0 Å². The minimum absolute atomic E-state index is 0.0365. The Kier molecular flexibility index (Phi) is 5.41. The van der Waals surface area contributed by atoms with Crippen molar-refractivity contribution in [2.45, 2.75) is 45.8 Å². The Balaban J connectivity index is 2.53. The van der Waals surface area contributed by atoms with E-state index in [0.29, 0.717) is 13.2 Å². The molecule has 0 aromatic rings. The van der Waals surface area contributed by atoms with E-state index >= 15 is 0 Å². The molecule has 1 fully saturated rings. The lowest BCUT2D eigenvalue weighted by Crippen LogP contribution is -2.43. The van der Waals surface area contributed by atoms with Crippen molar-refractivity contribution >= 4 is 11.9 Å². The van der Waals surface area contributed by atoms with Crippen molar-refractivity contribution in [2.24, 2.45) is 0 Å². The van der Waals surface area contributed by atoms with E-state index in [4.69, 9.17) is 9.47 Å². The minimum atomic E-state index is -0.491. The third kappa shape index (κ3) is 4.34. The summed E-state index contributed by atoms with van der Waals surface area (Å²) in [7, 11) is 0. The maximum absolute atomic E-state index is 12.0. The highest BCUT2D eigenvalue weighted by atomic mass is 16.5. The third-order valence-electron chi connectivity index (χ3n) is 2.64. The Morgan fingerprint density at radius 3 is 2.41 bits per heavy atom. The maximum Gasteiger partial charge on any atom is 0.325 e. The summed E-state index contributed by atoms with van der Waals surface area (Å²) < 4.78 is 10.1. The summed E-state index contributed by atoms with van der Waals surface area (Å²) in [5.41, 5.74) is 0. The van der Waals surface area contributed by atoms with Crippen LogP contribution in [0.5, 0.6) is 0 Å². The second-order valence-corrected chi connectivity index (χ2v) is 4.10. The molecule has 1 aliphatic rings. The zero-order valence-electron chi connectivity index (χ0n) is 10.8. The number of hydrogen-bond acceptors (Lipinski definition) is 4. The molecule has 0 spiro atoms. The Morgan fingerprint density at radius 1 is 1.29 bits per heavy atom. The van der Waals surface area contributed by atoms with E-state index in [-0.39, 0.29) is 24.5 Å². The first-order chi connectivity index (χ1) is 8.10. The van der Waals surface area contributed by atoms with E-state index in [9.17, 15) is 9.59 Å². The average molecular weight is 243 g/mol. The largest absolute Gasteiger partial charge is 0.465 e. The molecule has 1 saturated carbocycles. The van der Waals surface area contributed by atoms with Crippen LogP contribution in [0.1, 0.15) is 33.6 Å². The van der Waals surface area contributed by atoms with Crippen molar-refractivity contribution in [3.8, 4) is 0 Å². The molecule has 5 heteroatoms. The number of carbonyl (C=O) groups is 2. The standard InChI is InChI=1S/C12H21NO4/c1-4-16-9(3)12(15)13(10-6-7-10)8-11(14)17-5-2/h9-10H,4-8H2,1-3H3. The highest BCUT2D eigenvalue weighted by Gasteiger charge is 2.36. The number of carbonyl (C=O) groups excluding carboxylic acids is 2. The minimum Gasteiger partial charge on any atom is -0.465 e. The summed E-state index contributed by atoms with van der Waals surface area (Å²) in [4.78, 5) is 25.0. The van der Waals surface area contributed by atoms with Crippen LogP contribution in [0.4, 0.5) is 0 Å². The first kappa shape index (κ1) is 14.0. The van der Waals surface area contributed by atoms with Crippen molar-refractivity contribution < 1.29 is 19.1 Å². The second-order valence-electron chi connectivity index (χ2n) is 4.10. The third-order valence-corrected chi connectivity index (χ3v) is 2.64. The van der Waals surface area contributed by atoms with Gasteiger partial charge in [0.15, 0.2) is 0 Å². The molecule has 1 aliphatic carbocycles. The molecule has 0 aliphatic heterocycles. The van der Waals surface area contributed by atoms with Crippen molar-refractivity contribution in [3.05, 3.63) is 0 Å². The fraction of sp³-hybridized carbons (Fsp3) is 0.833. The molecule has 5 nitrogen and oxygen atoms in total. The smallest absolute Gasteiger partial charge is 0.325 e. The topological polar surface area (TPSA) is 55.8 Å². The van der Waals surface area contributed by atoms with Gasteiger partial charge in [0.1, 0.15) is 12.6 Å². The molecule has 0 saturated heterocycles. The molecule has 0 aromatic heterocycles. The van der Waals surface area contributed by atoms with Gasteiger partial charge in [-0.1, -0.05) is 0 Å². The van der Waals surface area contributed by atoms with Gasteiger partial charge in [-0.3, -0.25) is 9.59 Å². The van der Waals surface area contributed by atoms with E-state index < -0.39 is 6.10 Å². The van der Waals surface area contributed by atoms with Gasteiger partial charge in [0.05, 0.1) is 6.61 Å². The first-order valence-electron chi connectivity index (χ1n) is 6.17. The van der Waals surface area contributed by atoms with Gasteiger partial charge >= 0.3 is 5.97 Å². The van der Waals surface area contributed by atoms with Gasteiger partial charge in [-0.2, -0.15) is 0 Å². The van der Waals surface area contributed by atoms with Crippen LogP contribution in [0.2, 0.25) is 0 Å². The predicted molar refractivity (Wildman–Crippen MR) is 62.5 cm³/mol. The summed E-state index contributed by atoms with van der Waals surface area (Å²) in [5, 5.41) is 0. The van der Waals surface area contributed by atoms with Crippen molar-refractivity contribution in [1.29, 1.82) is 0 Å². The SMILES string of the molecule is CCOC(=O)CN(C(=O)C(C)OCC)C1CC1. The van der Waals surface area contributed by atoms with E-state index in [1.54, 1.807) is 18.7 Å². The van der Waals surface area contributed by atoms with Gasteiger partial charge in [-0.05, 0) is 33.6 Å². The monoisotopic (exact) mass is 243 g/mol. The molecule has 0 bridgehead atoms. The van der Waals surface area contributed by atoms with Crippen LogP contribution in [-0.2, 0) is 19.1 Å². The molecular formula is C12H21NO4. The Hall–Kier alpha value is -1.10. The summed E-state index contributed by atoms with van der Waals surface area (Å²) in [5.74, 6) is -0.473. The van der Waals surface area contributed by atoms with Crippen LogP contribution in [0, 0.1) is 0 Å². The van der Waals surface area contributed by atoms with Gasteiger partial charge in [0.25, 0.3) is 5.91 Å². The van der Waals surface area contributed by atoms with Gasteiger partial charge in [-0.25, -0.2) is 0 Å². The van der Waals surface area contributed by atoms with Crippen LogP contribution in [0.25, 0.3) is 0 Å². The Morgan fingerprint density at radius 2 is 1.94 bits per heavy atom. The highest BCUT2D eigenvalue weighted by molar-refractivity contribution is 5.85. The molecule has 98 valence electrons. The molecule has 0 aromatic carbocycles. The Labute approximate surface area is 102 Å². The number of nitrogens with zero attached hydrogens (tertiary/aromatic N) is 1. The first-order valence-corrected chi connectivity index (χ1v) is 6.17. The molecule has 1 rings (SSSR count). The molecule has 0 radical (unpaired) electrons. The lowest BCUT2D eigenvalue weighted by Gasteiger charge is -2.24. The van der Waals surface area contributed by atoms with Crippen LogP contribution >= 0.6 is 0 Å². The van der Waals surface area contributed by atoms with Crippen molar-refractivity contribution in [1.82, 2.24) is 4.90 Å². The normalized spacial score (nSPS) is 16.4. The quantitative estimate of drug-likeness (QED) is 0.625. The molecule has 0 N–H and O–H groups in total. The van der Waals surface area contributed by atoms with Gasteiger partial charge in [0, 0.05) is 12.6 Å². The Bertz CT molecular complexity index is 276. The van der Waals surface area contributed by atoms with E-state index in [1.807, 2.05) is 6.92 Å². The second kappa shape index (κ2) is 6.59. The number of rotatable bonds is 7. The van der Waals surface area contributed by atoms with Crippen LogP contribution in [0.3, 0.4) is 0 Å². The van der Waals surface area contributed by atoms with Crippen LogP contribution < -0.4 is 0 Å². The van der Waals surface area contributed by atoms with E-state index in [1.165, 1.54) is 0 Å². The summed E-state index contributed by atoms with van der Waals surface area (Å²) in [6, 6.07) is 0.190. The van der Waals surface area contributed by atoms with Crippen molar-refractivity contribution in [2.75, 3.05) is 19.8 Å². The fourth-order valence-corrected chi connectivity index (χ4v) is 1.67. The van der Waals surface area contributed by atoms with Gasteiger partial charge < -0.3 is 14.4 Å². The molecule has 0 heterocycles. The van der Waals surface area contributed by atoms with Gasteiger partial charge in [0.2, 0.25) is 0 Å². The lowest BCUT2D eigenvalue weighted by atomic mass is 10.3. The number of hydrogen-bond donors (Lipinski definition) is 0. The molecule has 1 amide bonds. The molecule has 1 atom stereocenters. The fourth-order valence-electron chi connectivity index (χ4n) is 1.67. The number of esters is 1. The zero-order chi connectivity index (χ0) is 12.8. The predicted octanol–water partition coefficient (Wildman–Crippen LogP) is 0.965. The summed E-state index contributed by atoms with van der Waals surface area (Å²) in [6.45, 7) is 6.18. The summed E-state index contributed by atoms with van der Waals surface area (Å²) >= 11 is 0. The molecule has 17 heavy (non-hydrogen) atoms. The highest BCUT2D eigenvalue weighted by Crippen LogP contribution is 2.27. The maximum atomic E-state index is 12.0. The van der Waals surface area contributed by atoms with E-state index in [0.717, 1.165) is 12.8 Å². The molecule has 1 unspecified atom stereocenters. The zero-order valence-corrected chi connectivity index (χ0v) is 10.8. The lowest BCUT2D eigenvalue weighted by molar-refractivity contribution is -0.153. The number of ether oxygens (including phenoxy) is 2. The van der Waals surface area contributed by atoms with Gasteiger partial charge in [-0.15, -0.1) is 0 Å². The molecular weight excluding hydrogens is 222 g/mol.